The molecule has 2 amide bonds. The van der Waals surface area contributed by atoms with Crippen LogP contribution in [0, 0.1) is 0 Å². The Hall–Kier alpha value is -3.55. The molecular formula is C37H53NO15Si. The van der Waals surface area contributed by atoms with Crippen LogP contribution in [0.2, 0.25) is 18.1 Å². The fraction of sp³-hybridized carbons (Fsp3) is 0.649. The third kappa shape index (κ3) is 9.63. The van der Waals surface area contributed by atoms with Crippen LogP contribution in [0.4, 0.5) is 0 Å². The van der Waals surface area contributed by atoms with Gasteiger partial charge in [-0.3, -0.25) is 28.9 Å². The molecule has 2 fully saturated rings. The highest BCUT2D eigenvalue weighted by molar-refractivity contribution is 6.74. The van der Waals surface area contributed by atoms with Gasteiger partial charge in [-0.15, -0.1) is 0 Å². The summed E-state index contributed by atoms with van der Waals surface area (Å²) in [5, 5.41) is 21.8. The van der Waals surface area contributed by atoms with Crippen molar-refractivity contribution in [2.45, 2.75) is 141 Å². The maximum atomic E-state index is 13.8. The predicted molar refractivity (Wildman–Crippen MR) is 190 cm³/mol. The van der Waals surface area contributed by atoms with Crippen LogP contribution >= 0.6 is 0 Å². The number of hydrogen-bond acceptors (Lipinski definition) is 15. The Kier molecular flexibility index (Phi) is 14.0. The number of ether oxygens (including phenoxy) is 7. The lowest BCUT2D eigenvalue weighted by Crippen LogP contribution is -2.70. The van der Waals surface area contributed by atoms with Crippen LogP contribution in [-0.2, 0) is 68.2 Å². The Morgan fingerprint density at radius 3 is 1.83 bits per heavy atom. The smallest absolute Gasteiger partial charge is 0.303 e. The van der Waals surface area contributed by atoms with Crippen molar-refractivity contribution in [3.05, 3.63) is 47.0 Å². The van der Waals surface area contributed by atoms with Gasteiger partial charge in [0.15, 0.2) is 39.2 Å². The van der Waals surface area contributed by atoms with Crippen molar-refractivity contribution in [1.82, 2.24) is 4.90 Å². The average Bonchev–Trinajstić information content (AvgIpc) is 3.26. The summed E-state index contributed by atoms with van der Waals surface area (Å²) in [4.78, 5) is 66.0. The van der Waals surface area contributed by atoms with Crippen LogP contribution in [0.5, 0.6) is 0 Å². The molecule has 0 aromatic heterocycles. The largest absolute Gasteiger partial charge is 0.456 e. The SMILES string of the molecule is CC(=O)O[C@H]1[C@@H](OC(C)=O)[C@@H](COCc2ccccc2)O[C@@H](O[C@H]2[C@H](O)[C@@H](CO)O[C@@H](O[Si](C)(C)C(C)(C)C)[C@@H]2N2C(=O)C(C)=C(C)C2=O)[C@@H]1OC(C)=O. The molecule has 3 heterocycles. The lowest BCUT2D eigenvalue weighted by Gasteiger charge is -2.52. The minimum Gasteiger partial charge on any atom is -0.456 e. The molecule has 0 unspecified atom stereocenters. The molecule has 3 aliphatic heterocycles. The second-order valence-electron chi connectivity index (χ2n) is 15.2. The molecule has 0 radical (unpaired) electrons. The minimum atomic E-state index is -2.78. The molecule has 10 atom stereocenters. The summed E-state index contributed by atoms with van der Waals surface area (Å²) in [6.07, 6.45) is -13.6. The van der Waals surface area contributed by atoms with E-state index < -0.39 is 111 Å². The molecule has 0 spiro atoms. The van der Waals surface area contributed by atoms with Gasteiger partial charge in [-0.1, -0.05) is 51.1 Å². The van der Waals surface area contributed by atoms with Crippen molar-refractivity contribution in [3.8, 4) is 0 Å². The molecule has 0 bridgehead atoms. The lowest BCUT2D eigenvalue weighted by molar-refractivity contribution is -0.347. The fourth-order valence-electron chi connectivity index (χ4n) is 6.21. The summed E-state index contributed by atoms with van der Waals surface area (Å²) < 4.78 is 48.4. The standard InChI is InChI=1S/C37H53NO15Si/c1-19-20(2)34(45)38(33(19)44)27-30(28(43)25(16-39)50-35(27)53-54(9,10)37(6,7)8)52-36-32(49-23(5)42)31(48-22(4)41)29(47-21(3)40)26(51-36)18-46-17-24-14-12-11-13-15-24/h11-15,25-32,35-36,39,43H,16-18H2,1-10H3/t25-,26-,27-,28-,29+,30-,31+,32-,35+,36+/m1/s1. The number of nitrogens with zero attached hydrogens (tertiary/aromatic N) is 1. The maximum absolute atomic E-state index is 13.8. The van der Waals surface area contributed by atoms with Gasteiger partial charge in [-0.05, 0) is 37.5 Å². The van der Waals surface area contributed by atoms with Gasteiger partial charge < -0.3 is 47.8 Å². The normalized spacial score (nSPS) is 30.7. The van der Waals surface area contributed by atoms with E-state index in [4.69, 9.17) is 37.6 Å². The zero-order chi connectivity index (χ0) is 40.3. The van der Waals surface area contributed by atoms with E-state index >= 15 is 0 Å². The molecule has 1 aromatic carbocycles. The monoisotopic (exact) mass is 779 g/mol. The first-order chi connectivity index (χ1) is 25.2. The Morgan fingerprint density at radius 1 is 0.796 bits per heavy atom. The Labute approximate surface area is 316 Å². The van der Waals surface area contributed by atoms with Gasteiger partial charge in [0.25, 0.3) is 11.8 Å². The average molecular weight is 780 g/mol. The van der Waals surface area contributed by atoms with Crippen LogP contribution in [0.3, 0.4) is 0 Å². The molecule has 17 heteroatoms. The molecule has 16 nitrogen and oxygen atoms in total. The van der Waals surface area contributed by atoms with Crippen molar-refractivity contribution in [3.63, 3.8) is 0 Å². The first-order valence-electron chi connectivity index (χ1n) is 17.8. The Morgan fingerprint density at radius 2 is 1.31 bits per heavy atom. The van der Waals surface area contributed by atoms with Gasteiger partial charge in [0.05, 0.1) is 19.8 Å². The second-order valence-corrected chi connectivity index (χ2v) is 19.9. The van der Waals surface area contributed by atoms with Crippen LogP contribution in [-0.4, -0.2) is 128 Å². The van der Waals surface area contributed by atoms with Crippen molar-refractivity contribution < 1.29 is 71.8 Å². The molecule has 300 valence electrons. The van der Waals surface area contributed by atoms with Crippen molar-refractivity contribution in [2.24, 2.45) is 0 Å². The van der Waals surface area contributed by atoms with E-state index in [2.05, 4.69) is 0 Å². The van der Waals surface area contributed by atoms with Crippen molar-refractivity contribution >= 4 is 38.0 Å². The number of esters is 3. The van der Waals surface area contributed by atoms with Crippen LogP contribution < -0.4 is 0 Å². The Balaban J connectivity index is 1.83. The minimum absolute atomic E-state index is 0.112. The number of amides is 2. The van der Waals surface area contributed by atoms with Crippen molar-refractivity contribution in [2.75, 3.05) is 13.2 Å². The molecular weight excluding hydrogens is 726 g/mol. The lowest BCUT2D eigenvalue weighted by atomic mass is 9.94. The van der Waals surface area contributed by atoms with Crippen LogP contribution in [0.15, 0.2) is 41.5 Å². The van der Waals surface area contributed by atoms with E-state index in [1.54, 1.807) is 0 Å². The molecule has 0 saturated carbocycles. The number of rotatable bonds is 13. The number of carbonyl (C=O) groups is 5. The van der Waals surface area contributed by atoms with Gasteiger partial charge >= 0.3 is 17.9 Å². The van der Waals surface area contributed by atoms with E-state index in [9.17, 15) is 34.2 Å². The summed E-state index contributed by atoms with van der Waals surface area (Å²) in [6, 6.07) is 7.69. The number of hydrogen-bond donors (Lipinski definition) is 2. The van der Waals surface area contributed by atoms with E-state index in [0.717, 1.165) is 31.2 Å². The third-order valence-electron chi connectivity index (χ3n) is 10.2. The second kappa shape index (κ2) is 17.5. The highest BCUT2D eigenvalue weighted by atomic mass is 28.4. The zero-order valence-electron chi connectivity index (χ0n) is 32.4. The summed E-state index contributed by atoms with van der Waals surface area (Å²) in [5.74, 6) is -3.81. The summed E-state index contributed by atoms with van der Waals surface area (Å²) >= 11 is 0. The first kappa shape index (κ1) is 43.2. The van der Waals surface area contributed by atoms with E-state index in [1.165, 1.54) is 13.8 Å². The van der Waals surface area contributed by atoms with Crippen molar-refractivity contribution in [1.29, 1.82) is 0 Å². The number of carbonyl (C=O) groups excluding carboxylic acids is 5. The topological polar surface area (TPSA) is 203 Å². The first-order valence-corrected chi connectivity index (χ1v) is 20.7. The molecule has 2 N–H and O–H groups in total. The summed E-state index contributed by atoms with van der Waals surface area (Å²) in [7, 11) is -2.78. The highest BCUT2D eigenvalue weighted by Gasteiger charge is 2.59. The van der Waals surface area contributed by atoms with E-state index in [1.807, 2.05) is 64.2 Å². The van der Waals surface area contributed by atoms with E-state index in [0.29, 0.717) is 0 Å². The Bertz CT molecular complexity index is 1550. The highest BCUT2D eigenvalue weighted by Crippen LogP contribution is 2.42. The summed E-state index contributed by atoms with van der Waals surface area (Å²) in [6.45, 7) is 15.2. The number of imide groups is 1. The molecule has 0 aliphatic carbocycles. The van der Waals surface area contributed by atoms with Crippen LogP contribution in [0.25, 0.3) is 0 Å². The third-order valence-corrected chi connectivity index (χ3v) is 14.6. The molecule has 1 aromatic rings. The fourth-order valence-corrected chi connectivity index (χ4v) is 7.34. The predicted octanol–water partition coefficient (Wildman–Crippen LogP) is 2.28. The molecule has 54 heavy (non-hydrogen) atoms. The molecule has 4 rings (SSSR count). The van der Waals surface area contributed by atoms with Gasteiger partial charge in [0, 0.05) is 31.9 Å². The van der Waals surface area contributed by atoms with Gasteiger partial charge in [0.1, 0.15) is 30.5 Å². The zero-order valence-corrected chi connectivity index (χ0v) is 33.4. The van der Waals surface area contributed by atoms with Gasteiger partial charge in [-0.25, -0.2) is 0 Å². The van der Waals surface area contributed by atoms with Gasteiger partial charge in [0.2, 0.25) is 0 Å². The van der Waals surface area contributed by atoms with E-state index in [-0.39, 0.29) is 24.4 Å². The number of benzene rings is 1. The molecule has 2 saturated heterocycles. The van der Waals surface area contributed by atoms with Gasteiger partial charge in [-0.2, -0.15) is 0 Å². The maximum Gasteiger partial charge on any atom is 0.303 e. The molecule has 3 aliphatic rings. The quantitative estimate of drug-likeness (QED) is 0.128. The number of aliphatic hydroxyl groups is 2. The number of aliphatic hydroxyl groups excluding tert-OH is 2. The van der Waals surface area contributed by atoms with Crippen LogP contribution in [0.1, 0.15) is 61.0 Å². The summed E-state index contributed by atoms with van der Waals surface area (Å²) in [5.41, 5.74) is 1.13.